The first-order valence-electron chi connectivity index (χ1n) is 10.2. The molecule has 1 heterocycles. The first-order chi connectivity index (χ1) is 14.0. The Bertz CT molecular complexity index is 649. The van der Waals surface area contributed by atoms with Crippen LogP contribution in [0.2, 0.25) is 0 Å². The van der Waals surface area contributed by atoms with Gasteiger partial charge in [-0.15, -0.1) is 24.0 Å². The number of nitrogens with one attached hydrogen (secondary N) is 3. The van der Waals surface area contributed by atoms with Crippen LogP contribution in [-0.4, -0.2) is 82.9 Å². The molecule has 0 aliphatic carbocycles. The molecule has 1 unspecified atom stereocenters. The minimum absolute atomic E-state index is 0. The summed E-state index contributed by atoms with van der Waals surface area (Å²) in [7, 11) is 3.36. The van der Waals surface area contributed by atoms with Gasteiger partial charge in [0, 0.05) is 51.4 Å². The minimum Gasteiger partial charge on any atom is -0.497 e. The Balaban J connectivity index is 0.00000450. The lowest BCUT2D eigenvalue weighted by Gasteiger charge is -2.37. The summed E-state index contributed by atoms with van der Waals surface area (Å²) in [5, 5.41) is 9.57. The van der Waals surface area contributed by atoms with Crippen LogP contribution in [0.3, 0.4) is 0 Å². The third-order valence-electron chi connectivity index (χ3n) is 5.04. The van der Waals surface area contributed by atoms with Gasteiger partial charge in [0.05, 0.1) is 20.3 Å². The number of rotatable bonds is 9. The number of aliphatic imine (C=N–C) groups is 1. The van der Waals surface area contributed by atoms with Crippen molar-refractivity contribution in [3.8, 4) is 5.75 Å². The molecule has 1 amide bonds. The Morgan fingerprint density at radius 1 is 1.13 bits per heavy atom. The van der Waals surface area contributed by atoms with E-state index < -0.39 is 0 Å². The topological polar surface area (TPSA) is 87.2 Å². The van der Waals surface area contributed by atoms with Gasteiger partial charge in [-0.1, -0.05) is 13.8 Å². The van der Waals surface area contributed by atoms with Crippen LogP contribution in [0.25, 0.3) is 0 Å². The number of morpholine rings is 1. The molecule has 8 nitrogen and oxygen atoms in total. The highest BCUT2D eigenvalue weighted by Crippen LogP contribution is 2.12. The average Bonchev–Trinajstić information content (AvgIpc) is 2.75. The summed E-state index contributed by atoms with van der Waals surface area (Å²) in [6.45, 7) is 9.92. The highest BCUT2D eigenvalue weighted by atomic mass is 127. The third kappa shape index (κ3) is 8.65. The van der Waals surface area contributed by atoms with E-state index in [4.69, 9.17) is 9.47 Å². The standard InChI is InChI=1S/C21H35N5O3.HI/c1-16(2)19(26-11-13-29-14-12-26)15-25-21(22-3)24-10-9-23-20(27)17-5-7-18(28-4)8-6-17;/h5-8,16,19H,9-15H2,1-4H3,(H,23,27)(H2,22,24,25);1H. The molecule has 2 rings (SSSR count). The van der Waals surface area contributed by atoms with Crippen LogP contribution in [0.4, 0.5) is 0 Å². The summed E-state index contributed by atoms with van der Waals surface area (Å²) >= 11 is 0. The zero-order valence-corrected chi connectivity index (χ0v) is 20.8. The fourth-order valence-electron chi connectivity index (χ4n) is 3.32. The van der Waals surface area contributed by atoms with Crippen LogP contribution in [-0.2, 0) is 4.74 Å². The second-order valence-corrected chi connectivity index (χ2v) is 7.32. The summed E-state index contributed by atoms with van der Waals surface area (Å²) in [4.78, 5) is 18.9. The Morgan fingerprint density at radius 2 is 1.77 bits per heavy atom. The molecule has 1 aliphatic rings. The Morgan fingerprint density at radius 3 is 2.33 bits per heavy atom. The van der Waals surface area contributed by atoms with E-state index in [9.17, 15) is 4.79 Å². The van der Waals surface area contributed by atoms with Crippen LogP contribution in [0.5, 0.6) is 5.75 Å². The molecule has 9 heteroatoms. The van der Waals surface area contributed by atoms with Crippen molar-refractivity contribution >= 4 is 35.8 Å². The number of ether oxygens (including phenoxy) is 2. The fraction of sp³-hybridized carbons (Fsp3) is 0.619. The van der Waals surface area contributed by atoms with Crippen molar-refractivity contribution in [2.45, 2.75) is 19.9 Å². The number of guanidine groups is 1. The van der Waals surface area contributed by atoms with E-state index in [1.54, 1.807) is 38.4 Å². The van der Waals surface area contributed by atoms with Crippen molar-refractivity contribution < 1.29 is 14.3 Å². The molecule has 170 valence electrons. The van der Waals surface area contributed by atoms with Gasteiger partial charge in [-0.3, -0.25) is 14.7 Å². The number of carbonyl (C=O) groups excluding carboxylic acids is 1. The molecule has 1 aromatic carbocycles. The number of nitrogens with zero attached hydrogens (tertiary/aromatic N) is 2. The summed E-state index contributed by atoms with van der Waals surface area (Å²) in [5.41, 5.74) is 0.610. The lowest BCUT2D eigenvalue weighted by Crippen LogP contribution is -2.53. The van der Waals surface area contributed by atoms with Crippen molar-refractivity contribution in [2.24, 2.45) is 10.9 Å². The summed E-state index contributed by atoms with van der Waals surface area (Å²) in [6, 6.07) is 7.48. The predicted octanol–water partition coefficient (Wildman–Crippen LogP) is 1.56. The smallest absolute Gasteiger partial charge is 0.251 e. The molecule has 1 fully saturated rings. The predicted molar refractivity (Wildman–Crippen MR) is 131 cm³/mol. The van der Waals surface area contributed by atoms with E-state index in [-0.39, 0.29) is 29.9 Å². The highest BCUT2D eigenvalue weighted by Gasteiger charge is 2.23. The number of amides is 1. The largest absolute Gasteiger partial charge is 0.497 e. The van der Waals surface area contributed by atoms with Gasteiger partial charge >= 0.3 is 0 Å². The summed E-state index contributed by atoms with van der Waals surface area (Å²) < 4.78 is 10.6. The Kier molecular flexibility index (Phi) is 12.7. The highest BCUT2D eigenvalue weighted by molar-refractivity contribution is 14.0. The van der Waals surface area contributed by atoms with Gasteiger partial charge in [-0.05, 0) is 30.2 Å². The molecule has 1 aliphatic heterocycles. The zero-order chi connectivity index (χ0) is 21.1. The molecular weight excluding hydrogens is 497 g/mol. The maximum absolute atomic E-state index is 12.2. The van der Waals surface area contributed by atoms with Gasteiger partial charge in [0.25, 0.3) is 5.91 Å². The lowest BCUT2D eigenvalue weighted by atomic mass is 10.0. The molecule has 3 N–H and O–H groups in total. The number of carbonyl (C=O) groups is 1. The molecule has 1 atom stereocenters. The summed E-state index contributed by atoms with van der Waals surface area (Å²) in [6.07, 6.45) is 0. The second kappa shape index (κ2) is 14.4. The van der Waals surface area contributed by atoms with Crippen LogP contribution < -0.4 is 20.7 Å². The molecule has 1 aromatic rings. The van der Waals surface area contributed by atoms with Gasteiger partial charge in [-0.25, -0.2) is 0 Å². The number of hydrogen-bond acceptors (Lipinski definition) is 5. The normalized spacial score (nSPS) is 15.8. The zero-order valence-electron chi connectivity index (χ0n) is 18.4. The first kappa shape index (κ1) is 26.4. The molecule has 1 saturated heterocycles. The molecule has 0 aromatic heterocycles. The van der Waals surface area contributed by atoms with Crippen LogP contribution in [0.1, 0.15) is 24.2 Å². The quantitative estimate of drug-likeness (QED) is 0.193. The van der Waals surface area contributed by atoms with Gasteiger partial charge in [-0.2, -0.15) is 0 Å². The van der Waals surface area contributed by atoms with Crippen molar-refractivity contribution in [2.75, 3.05) is 60.1 Å². The maximum atomic E-state index is 12.2. The van der Waals surface area contributed by atoms with Crippen LogP contribution >= 0.6 is 24.0 Å². The molecule has 30 heavy (non-hydrogen) atoms. The second-order valence-electron chi connectivity index (χ2n) is 7.32. The third-order valence-corrected chi connectivity index (χ3v) is 5.04. The van der Waals surface area contributed by atoms with E-state index in [0.717, 1.165) is 44.6 Å². The molecular formula is C21H36IN5O3. The van der Waals surface area contributed by atoms with E-state index in [1.807, 2.05) is 0 Å². The molecule has 0 spiro atoms. The van der Waals surface area contributed by atoms with Gasteiger partial charge in [0.2, 0.25) is 0 Å². The molecule has 0 radical (unpaired) electrons. The van der Waals surface area contributed by atoms with Crippen molar-refractivity contribution in [3.05, 3.63) is 29.8 Å². The fourth-order valence-corrected chi connectivity index (χ4v) is 3.32. The van der Waals surface area contributed by atoms with E-state index in [1.165, 1.54) is 0 Å². The van der Waals surface area contributed by atoms with Crippen molar-refractivity contribution in [3.63, 3.8) is 0 Å². The van der Waals surface area contributed by atoms with E-state index in [2.05, 4.69) is 39.7 Å². The first-order valence-corrected chi connectivity index (χ1v) is 10.2. The monoisotopic (exact) mass is 533 g/mol. The van der Waals surface area contributed by atoms with Crippen LogP contribution in [0, 0.1) is 5.92 Å². The number of hydrogen-bond donors (Lipinski definition) is 3. The maximum Gasteiger partial charge on any atom is 0.251 e. The van der Waals surface area contributed by atoms with Gasteiger partial charge in [0.15, 0.2) is 5.96 Å². The van der Waals surface area contributed by atoms with E-state index in [0.29, 0.717) is 30.6 Å². The number of methoxy groups -OCH3 is 1. The Labute approximate surface area is 197 Å². The van der Waals surface area contributed by atoms with Crippen LogP contribution in [0.15, 0.2) is 29.3 Å². The SMILES string of the molecule is CN=C(NCCNC(=O)c1ccc(OC)cc1)NCC(C(C)C)N1CCOCC1.I. The van der Waals surface area contributed by atoms with Gasteiger partial charge < -0.3 is 25.4 Å². The van der Waals surface area contributed by atoms with E-state index >= 15 is 0 Å². The number of benzene rings is 1. The molecule has 0 bridgehead atoms. The minimum atomic E-state index is -0.107. The number of halogens is 1. The van der Waals surface area contributed by atoms with Crippen molar-refractivity contribution in [1.82, 2.24) is 20.9 Å². The van der Waals surface area contributed by atoms with Crippen molar-refractivity contribution in [1.29, 1.82) is 0 Å². The molecule has 0 saturated carbocycles. The summed E-state index contributed by atoms with van der Waals surface area (Å²) in [5.74, 6) is 1.89. The lowest BCUT2D eigenvalue weighted by molar-refractivity contribution is 0.00752. The average molecular weight is 533 g/mol. The Hall–Kier alpha value is -1.59. The van der Waals surface area contributed by atoms with Gasteiger partial charge in [0.1, 0.15) is 5.75 Å².